The lowest BCUT2D eigenvalue weighted by molar-refractivity contribution is 0.172. The molecule has 0 saturated carbocycles. The Labute approximate surface area is 175 Å². The van der Waals surface area contributed by atoms with Crippen LogP contribution >= 0.6 is 0 Å². The second-order valence-electron chi connectivity index (χ2n) is 6.58. The van der Waals surface area contributed by atoms with Crippen LogP contribution in [0.15, 0.2) is 23.2 Å². The van der Waals surface area contributed by atoms with Gasteiger partial charge in [0.05, 0.1) is 18.9 Å². The summed E-state index contributed by atoms with van der Waals surface area (Å²) in [4.78, 5) is 4.63. The van der Waals surface area contributed by atoms with Crippen LogP contribution in [0.3, 0.4) is 0 Å². The van der Waals surface area contributed by atoms with Crippen molar-refractivity contribution in [1.29, 1.82) is 0 Å². The second-order valence-corrected chi connectivity index (χ2v) is 8.67. The fourth-order valence-corrected chi connectivity index (χ4v) is 3.10. The SMILES string of the molecule is CCNC(=NCc1ccc(C)cc1OCCCOC)NCCCNS(=O)(=O)CC. The number of nitrogens with one attached hydrogen (secondary N) is 3. The normalized spacial score (nSPS) is 12.1. The van der Waals surface area contributed by atoms with Gasteiger partial charge < -0.3 is 20.1 Å². The average molecular weight is 429 g/mol. The van der Waals surface area contributed by atoms with Crippen LogP contribution in [0, 0.1) is 6.92 Å². The van der Waals surface area contributed by atoms with Crippen molar-refractivity contribution in [2.45, 2.75) is 40.2 Å². The Morgan fingerprint density at radius 1 is 1.10 bits per heavy atom. The van der Waals surface area contributed by atoms with Crippen LogP contribution < -0.4 is 20.1 Å². The van der Waals surface area contributed by atoms with E-state index in [4.69, 9.17) is 9.47 Å². The second kappa shape index (κ2) is 14.2. The molecule has 0 aliphatic carbocycles. The van der Waals surface area contributed by atoms with Gasteiger partial charge in [0.15, 0.2) is 5.96 Å². The zero-order valence-electron chi connectivity index (χ0n) is 18.1. The Kier molecular flexibility index (Phi) is 12.3. The van der Waals surface area contributed by atoms with Gasteiger partial charge in [0.1, 0.15) is 5.75 Å². The molecule has 0 fully saturated rings. The van der Waals surface area contributed by atoms with Gasteiger partial charge in [-0.3, -0.25) is 0 Å². The van der Waals surface area contributed by atoms with E-state index in [0.29, 0.717) is 45.2 Å². The molecule has 8 nitrogen and oxygen atoms in total. The number of sulfonamides is 1. The number of methoxy groups -OCH3 is 1. The molecule has 0 unspecified atom stereocenters. The Morgan fingerprint density at radius 2 is 1.90 bits per heavy atom. The summed E-state index contributed by atoms with van der Waals surface area (Å²) in [5.74, 6) is 1.63. The molecule has 1 aromatic carbocycles. The van der Waals surface area contributed by atoms with E-state index in [1.807, 2.05) is 32.0 Å². The third kappa shape index (κ3) is 11.1. The van der Waals surface area contributed by atoms with E-state index in [0.717, 1.165) is 29.8 Å². The Morgan fingerprint density at radius 3 is 2.59 bits per heavy atom. The predicted molar refractivity (Wildman–Crippen MR) is 118 cm³/mol. The average Bonchev–Trinajstić information content (AvgIpc) is 2.70. The minimum absolute atomic E-state index is 0.0942. The summed E-state index contributed by atoms with van der Waals surface area (Å²) in [5, 5.41) is 6.44. The number of guanidine groups is 1. The summed E-state index contributed by atoms with van der Waals surface area (Å²) in [6.45, 7) is 9.17. The van der Waals surface area contributed by atoms with E-state index in [1.165, 1.54) is 0 Å². The molecule has 0 amide bonds. The number of hydrogen-bond donors (Lipinski definition) is 3. The van der Waals surface area contributed by atoms with Gasteiger partial charge in [0.2, 0.25) is 10.0 Å². The monoisotopic (exact) mass is 428 g/mol. The summed E-state index contributed by atoms with van der Waals surface area (Å²) >= 11 is 0. The standard InChI is InChI=1S/C20H36N4O4S/c1-5-21-20(22-11-7-12-24-29(25,26)6-2)23-16-18-10-9-17(3)15-19(18)28-14-8-13-27-4/h9-10,15,24H,5-8,11-14,16H2,1-4H3,(H2,21,22,23). The van der Waals surface area contributed by atoms with Crippen molar-refractivity contribution in [2.75, 3.05) is 45.7 Å². The zero-order chi connectivity index (χ0) is 21.5. The van der Waals surface area contributed by atoms with Crippen molar-refractivity contribution >= 4 is 16.0 Å². The molecule has 0 bridgehead atoms. The maximum absolute atomic E-state index is 11.4. The predicted octanol–water partition coefficient (Wildman–Crippen LogP) is 1.79. The molecule has 0 aromatic heterocycles. The van der Waals surface area contributed by atoms with Gasteiger partial charge in [-0.1, -0.05) is 12.1 Å². The van der Waals surface area contributed by atoms with Crippen LogP contribution in [0.4, 0.5) is 0 Å². The first-order valence-corrected chi connectivity index (χ1v) is 11.8. The third-order valence-corrected chi connectivity index (χ3v) is 5.48. The minimum Gasteiger partial charge on any atom is -0.493 e. The molecule has 0 spiro atoms. The maximum atomic E-state index is 11.4. The molecular formula is C20H36N4O4S. The molecule has 0 aliphatic rings. The summed E-state index contributed by atoms with van der Waals surface area (Å²) in [5.41, 5.74) is 2.15. The molecule has 0 atom stereocenters. The highest BCUT2D eigenvalue weighted by Crippen LogP contribution is 2.21. The highest BCUT2D eigenvalue weighted by Gasteiger charge is 2.06. The number of rotatable bonds is 14. The van der Waals surface area contributed by atoms with Crippen molar-refractivity contribution in [3.8, 4) is 5.75 Å². The molecule has 3 N–H and O–H groups in total. The molecule has 166 valence electrons. The fraction of sp³-hybridized carbons (Fsp3) is 0.650. The summed E-state index contributed by atoms with van der Waals surface area (Å²) in [6, 6.07) is 6.11. The number of aryl methyl sites for hydroxylation is 1. The fourth-order valence-electron chi connectivity index (χ4n) is 2.44. The van der Waals surface area contributed by atoms with Gasteiger partial charge in [-0.05, 0) is 38.8 Å². The molecule has 0 saturated heterocycles. The topological polar surface area (TPSA) is 101 Å². The third-order valence-electron chi connectivity index (χ3n) is 4.07. The van der Waals surface area contributed by atoms with E-state index >= 15 is 0 Å². The van der Waals surface area contributed by atoms with E-state index in [1.54, 1.807) is 14.0 Å². The van der Waals surface area contributed by atoms with Crippen molar-refractivity contribution in [2.24, 2.45) is 4.99 Å². The molecule has 0 radical (unpaired) electrons. The van der Waals surface area contributed by atoms with E-state index in [9.17, 15) is 8.42 Å². The molecule has 0 heterocycles. The van der Waals surface area contributed by atoms with Crippen LogP contribution in [-0.2, 0) is 21.3 Å². The summed E-state index contributed by atoms with van der Waals surface area (Å²) < 4.78 is 36.4. The van der Waals surface area contributed by atoms with Crippen molar-refractivity contribution < 1.29 is 17.9 Å². The Hall–Kier alpha value is -1.84. The van der Waals surface area contributed by atoms with Gasteiger partial charge in [-0.25, -0.2) is 18.1 Å². The maximum Gasteiger partial charge on any atom is 0.211 e. The highest BCUT2D eigenvalue weighted by molar-refractivity contribution is 7.89. The van der Waals surface area contributed by atoms with Gasteiger partial charge in [-0.2, -0.15) is 0 Å². The van der Waals surface area contributed by atoms with Crippen molar-refractivity contribution in [3.05, 3.63) is 29.3 Å². The first kappa shape index (κ1) is 25.2. The lowest BCUT2D eigenvalue weighted by Gasteiger charge is -2.14. The van der Waals surface area contributed by atoms with Gasteiger partial charge in [0.25, 0.3) is 0 Å². The first-order valence-electron chi connectivity index (χ1n) is 10.1. The largest absolute Gasteiger partial charge is 0.493 e. The minimum atomic E-state index is -3.14. The van der Waals surface area contributed by atoms with E-state index in [2.05, 4.69) is 20.3 Å². The van der Waals surface area contributed by atoms with Crippen LogP contribution in [0.5, 0.6) is 5.75 Å². The van der Waals surface area contributed by atoms with Crippen molar-refractivity contribution in [1.82, 2.24) is 15.4 Å². The van der Waals surface area contributed by atoms with E-state index in [-0.39, 0.29) is 5.75 Å². The van der Waals surface area contributed by atoms with Gasteiger partial charge in [-0.15, -0.1) is 0 Å². The molecule has 29 heavy (non-hydrogen) atoms. The smallest absolute Gasteiger partial charge is 0.211 e. The molecule has 1 aromatic rings. The van der Waals surface area contributed by atoms with Crippen LogP contribution in [0.25, 0.3) is 0 Å². The van der Waals surface area contributed by atoms with Crippen LogP contribution in [0.2, 0.25) is 0 Å². The number of aliphatic imine (C=N–C) groups is 1. The van der Waals surface area contributed by atoms with Crippen LogP contribution in [0.1, 0.15) is 37.8 Å². The Balaban J connectivity index is 2.61. The van der Waals surface area contributed by atoms with Crippen molar-refractivity contribution in [3.63, 3.8) is 0 Å². The summed E-state index contributed by atoms with van der Waals surface area (Å²) in [7, 11) is -1.46. The number of benzene rings is 1. The van der Waals surface area contributed by atoms with E-state index < -0.39 is 10.0 Å². The number of ether oxygens (including phenoxy) is 2. The number of hydrogen-bond acceptors (Lipinski definition) is 5. The lowest BCUT2D eigenvalue weighted by atomic mass is 10.1. The Bertz CT molecular complexity index is 723. The molecule has 0 aliphatic heterocycles. The van der Waals surface area contributed by atoms with Crippen LogP contribution in [-0.4, -0.2) is 60.1 Å². The lowest BCUT2D eigenvalue weighted by Crippen LogP contribution is -2.38. The van der Waals surface area contributed by atoms with Gasteiger partial charge in [0, 0.05) is 45.3 Å². The number of nitrogens with zero attached hydrogens (tertiary/aromatic N) is 1. The van der Waals surface area contributed by atoms with Gasteiger partial charge >= 0.3 is 0 Å². The zero-order valence-corrected chi connectivity index (χ0v) is 18.9. The molecule has 9 heteroatoms. The quantitative estimate of drug-likeness (QED) is 0.237. The summed E-state index contributed by atoms with van der Waals surface area (Å²) in [6.07, 6.45) is 1.50. The first-order chi connectivity index (χ1) is 13.9. The molecular weight excluding hydrogens is 392 g/mol. The highest BCUT2D eigenvalue weighted by atomic mass is 32.2. The molecule has 1 rings (SSSR count).